The molecule has 2 heterocycles. The summed E-state index contributed by atoms with van der Waals surface area (Å²) in [5, 5.41) is 11.5. The summed E-state index contributed by atoms with van der Waals surface area (Å²) in [5.41, 5.74) is 0. The number of aromatic nitrogens is 2. The maximum Gasteiger partial charge on any atom is 0.283 e. The van der Waals surface area contributed by atoms with Crippen LogP contribution in [-0.4, -0.2) is 47.2 Å². The van der Waals surface area contributed by atoms with Crippen molar-refractivity contribution in [1.82, 2.24) is 20.4 Å². The minimum atomic E-state index is -0.0936. The number of hydrogen-bond acceptors (Lipinski definition) is 7. The standard InChI is InChI=1S/C20H23ClN4O4/c1-2-10-25(14-19-23-24-20(29-19)17-4-3-11-28-17)13-18(26)22-9-12-27-16-7-5-15(21)6-8-16/h3-8,11H,2,9-10,12-14H2,1H3,(H,22,26). The monoisotopic (exact) mass is 418 g/mol. The van der Waals surface area contributed by atoms with Gasteiger partial charge >= 0.3 is 0 Å². The molecule has 0 saturated carbocycles. The lowest BCUT2D eigenvalue weighted by molar-refractivity contribution is -0.122. The maximum atomic E-state index is 12.3. The molecule has 0 aliphatic carbocycles. The summed E-state index contributed by atoms with van der Waals surface area (Å²) >= 11 is 5.84. The van der Waals surface area contributed by atoms with Gasteiger partial charge in [-0.3, -0.25) is 9.69 Å². The second-order valence-corrected chi connectivity index (χ2v) is 6.78. The molecule has 0 fully saturated rings. The molecule has 3 rings (SSSR count). The molecule has 0 aliphatic rings. The van der Waals surface area contributed by atoms with Gasteiger partial charge in [0.1, 0.15) is 12.4 Å². The Morgan fingerprint density at radius 1 is 1.24 bits per heavy atom. The van der Waals surface area contributed by atoms with Gasteiger partial charge in [0.2, 0.25) is 11.8 Å². The number of rotatable bonds is 11. The molecule has 29 heavy (non-hydrogen) atoms. The Kier molecular flexibility index (Phi) is 7.66. The van der Waals surface area contributed by atoms with Crippen LogP contribution in [0.5, 0.6) is 5.75 Å². The fourth-order valence-corrected chi connectivity index (χ4v) is 2.81. The Morgan fingerprint density at radius 3 is 2.79 bits per heavy atom. The summed E-state index contributed by atoms with van der Waals surface area (Å²) in [5.74, 6) is 1.89. The van der Waals surface area contributed by atoms with E-state index in [9.17, 15) is 4.79 Å². The number of halogens is 1. The molecule has 0 bridgehead atoms. The van der Waals surface area contributed by atoms with E-state index in [0.29, 0.717) is 48.0 Å². The first-order valence-corrected chi connectivity index (χ1v) is 9.75. The number of carbonyl (C=O) groups is 1. The third kappa shape index (κ3) is 6.62. The highest BCUT2D eigenvalue weighted by Gasteiger charge is 2.16. The van der Waals surface area contributed by atoms with Gasteiger partial charge in [-0.15, -0.1) is 10.2 Å². The Morgan fingerprint density at radius 2 is 2.07 bits per heavy atom. The predicted molar refractivity (Wildman–Crippen MR) is 108 cm³/mol. The van der Waals surface area contributed by atoms with Crippen molar-refractivity contribution in [1.29, 1.82) is 0 Å². The zero-order chi connectivity index (χ0) is 20.5. The minimum Gasteiger partial charge on any atom is -0.492 e. The van der Waals surface area contributed by atoms with Crippen molar-refractivity contribution in [3.05, 3.63) is 53.6 Å². The minimum absolute atomic E-state index is 0.0936. The van der Waals surface area contributed by atoms with E-state index in [1.54, 1.807) is 42.7 Å². The maximum absolute atomic E-state index is 12.3. The van der Waals surface area contributed by atoms with Crippen LogP contribution in [0.15, 0.2) is 51.5 Å². The van der Waals surface area contributed by atoms with Crippen molar-refractivity contribution in [3.8, 4) is 17.4 Å². The van der Waals surface area contributed by atoms with E-state index in [1.165, 1.54) is 0 Å². The van der Waals surface area contributed by atoms with E-state index in [-0.39, 0.29) is 12.5 Å². The lowest BCUT2D eigenvalue weighted by Crippen LogP contribution is -2.38. The Labute approximate surface area is 173 Å². The van der Waals surface area contributed by atoms with Crippen LogP contribution in [0, 0.1) is 0 Å². The summed E-state index contributed by atoms with van der Waals surface area (Å²) in [6.45, 7) is 4.17. The van der Waals surface area contributed by atoms with Gasteiger partial charge in [0.25, 0.3) is 5.89 Å². The van der Waals surface area contributed by atoms with Crippen molar-refractivity contribution in [2.24, 2.45) is 0 Å². The molecule has 1 aromatic carbocycles. The van der Waals surface area contributed by atoms with Crippen LogP contribution < -0.4 is 10.1 Å². The second kappa shape index (κ2) is 10.6. The van der Waals surface area contributed by atoms with E-state index in [0.717, 1.165) is 13.0 Å². The SMILES string of the molecule is CCCN(CC(=O)NCCOc1ccc(Cl)cc1)Cc1nnc(-c2ccco2)o1. The topological polar surface area (TPSA) is 93.6 Å². The van der Waals surface area contributed by atoms with Gasteiger partial charge in [0, 0.05) is 5.02 Å². The molecule has 0 radical (unpaired) electrons. The van der Waals surface area contributed by atoms with Crippen LogP contribution in [-0.2, 0) is 11.3 Å². The number of furan rings is 1. The van der Waals surface area contributed by atoms with E-state index >= 15 is 0 Å². The highest BCUT2D eigenvalue weighted by Crippen LogP contribution is 2.18. The summed E-state index contributed by atoms with van der Waals surface area (Å²) < 4.78 is 16.4. The van der Waals surface area contributed by atoms with Crippen molar-refractivity contribution in [2.45, 2.75) is 19.9 Å². The van der Waals surface area contributed by atoms with Gasteiger partial charge in [-0.25, -0.2) is 0 Å². The predicted octanol–water partition coefficient (Wildman–Crippen LogP) is 3.39. The average Bonchev–Trinajstić information content (AvgIpc) is 3.38. The zero-order valence-electron chi connectivity index (χ0n) is 16.1. The lowest BCUT2D eigenvalue weighted by Gasteiger charge is -2.19. The molecule has 8 nitrogen and oxygen atoms in total. The van der Waals surface area contributed by atoms with E-state index in [4.69, 9.17) is 25.2 Å². The number of benzene rings is 1. The number of carbonyl (C=O) groups excluding carboxylic acids is 1. The Bertz CT molecular complexity index is 880. The van der Waals surface area contributed by atoms with Crippen LogP contribution in [0.2, 0.25) is 5.02 Å². The van der Waals surface area contributed by atoms with Gasteiger partial charge in [0.15, 0.2) is 5.76 Å². The Hall–Kier alpha value is -2.84. The average molecular weight is 419 g/mol. The molecule has 0 unspecified atom stereocenters. The summed E-state index contributed by atoms with van der Waals surface area (Å²) in [6, 6.07) is 10.6. The summed E-state index contributed by atoms with van der Waals surface area (Å²) in [4.78, 5) is 14.2. The summed E-state index contributed by atoms with van der Waals surface area (Å²) in [6.07, 6.45) is 2.44. The van der Waals surface area contributed by atoms with Gasteiger partial charge in [-0.1, -0.05) is 18.5 Å². The van der Waals surface area contributed by atoms with Gasteiger partial charge in [0.05, 0.1) is 25.9 Å². The van der Waals surface area contributed by atoms with Crippen LogP contribution in [0.3, 0.4) is 0 Å². The molecule has 0 saturated heterocycles. The van der Waals surface area contributed by atoms with Crippen LogP contribution >= 0.6 is 11.6 Å². The molecule has 3 aromatic rings. The normalized spacial score (nSPS) is 11.0. The molecule has 0 spiro atoms. The molecule has 2 aromatic heterocycles. The highest BCUT2D eigenvalue weighted by atomic mass is 35.5. The van der Waals surface area contributed by atoms with Crippen molar-refractivity contribution < 1.29 is 18.4 Å². The molecule has 1 N–H and O–H groups in total. The van der Waals surface area contributed by atoms with Crippen molar-refractivity contribution in [3.63, 3.8) is 0 Å². The fraction of sp³-hybridized carbons (Fsp3) is 0.350. The number of hydrogen-bond donors (Lipinski definition) is 1. The first kappa shape index (κ1) is 20.9. The number of amides is 1. The number of nitrogens with one attached hydrogen (secondary N) is 1. The molecule has 0 aliphatic heterocycles. The second-order valence-electron chi connectivity index (χ2n) is 6.34. The van der Waals surface area contributed by atoms with E-state index in [2.05, 4.69) is 15.5 Å². The van der Waals surface area contributed by atoms with Crippen molar-refractivity contribution in [2.75, 3.05) is 26.2 Å². The third-order valence-electron chi connectivity index (χ3n) is 3.97. The smallest absolute Gasteiger partial charge is 0.283 e. The number of nitrogens with zero attached hydrogens (tertiary/aromatic N) is 3. The fourth-order valence-electron chi connectivity index (χ4n) is 2.69. The molecular formula is C20H23ClN4O4. The molecule has 1 amide bonds. The molecule has 154 valence electrons. The molecular weight excluding hydrogens is 396 g/mol. The molecule has 9 heteroatoms. The summed E-state index contributed by atoms with van der Waals surface area (Å²) in [7, 11) is 0. The zero-order valence-corrected chi connectivity index (χ0v) is 16.9. The van der Waals surface area contributed by atoms with Crippen molar-refractivity contribution >= 4 is 17.5 Å². The quantitative estimate of drug-likeness (QED) is 0.477. The van der Waals surface area contributed by atoms with Gasteiger partial charge < -0.3 is 18.9 Å². The lowest BCUT2D eigenvalue weighted by atomic mass is 10.3. The first-order chi connectivity index (χ1) is 14.1. The number of ether oxygens (including phenoxy) is 1. The van der Waals surface area contributed by atoms with Crippen LogP contribution in [0.25, 0.3) is 11.7 Å². The Balaban J connectivity index is 1.43. The first-order valence-electron chi connectivity index (χ1n) is 9.37. The highest BCUT2D eigenvalue weighted by molar-refractivity contribution is 6.30. The largest absolute Gasteiger partial charge is 0.492 e. The van der Waals surface area contributed by atoms with E-state index in [1.807, 2.05) is 11.8 Å². The van der Waals surface area contributed by atoms with E-state index < -0.39 is 0 Å². The van der Waals surface area contributed by atoms with Crippen LogP contribution in [0.4, 0.5) is 0 Å². The third-order valence-corrected chi connectivity index (χ3v) is 4.22. The van der Waals surface area contributed by atoms with Crippen LogP contribution in [0.1, 0.15) is 19.2 Å². The molecule has 0 atom stereocenters. The van der Waals surface area contributed by atoms with Gasteiger partial charge in [-0.2, -0.15) is 0 Å². The van der Waals surface area contributed by atoms with Gasteiger partial charge in [-0.05, 0) is 49.4 Å².